The summed E-state index contributed by atoms with van der Waals surface area (Å²) in [5.41, 5.74) is 0.999. The van der Waals surface area contributed by atoms with E-state index in [2.05, 4.69) is 4.98 Å². The van der Waals surface area contributed by atoms with Gasteiger partial charge in [-0.3, -0.25) is 4.79 Å². The molecule has 2 heterocycles. The van der Waals surface area contributed by atoms with Crippen molar-refractivity contribution >= 4 is 40.1 Å². The van der Waals surface area contributed by atoms with Gasteiger partial charge in [0.05, 0.1) is 40.4 Å². The zero-order chi connectivity index (χ0) is 23.2. The van der Waals surface area contributed by atoms with Crippen LogP contribution < -0.4 is 0 Å². The maximum Gasteiger partial charge on any atom is 0.416 e. The number of aromatic nitrogens is 2. The van der Waals surface area contributed by atoms with Crippen LogP contribution in [0.25, 0.3) is 11.0 Å². The zero-order valence-electron chi connectivity index (χ0n) is 17.4. The van der Waals surface area contributed by atoms with Crippen molar-refractivity contribution in [3.05, 3.63) is 62.4 Å². The minimum Gasteiger partial charge on any atom is -0.378 e. The summed E-state index contributed by atoms with van der Waals surface area (Å²) in [6.07, 6.45) is -4.30. The molecule has 1 aliphatic rings. The molecule has 1 aromatic heterocycles. The minimum atomic E-state index is -4.46. The maximum absolute atomic E-state index is 13.3. The van der Waals surface area contributed by atoms with E-state index in [1.54, 1.807) is 28.6 Å². The van der Waals surface area contributed by atoms with Gasteiger partial charge in [0.15, 0.2) is 0 Å². The highest BCUT2D eigenvalue weighted by atomic mass is 35.5. The number of benzene rings is 2. The molecule has 170 valence electrons. The Labute approximate surface area is 192 Å². The van der Waals surface area contributed by atoms with E-state index < -0.39 is 11.7 Å². The molecule has 1 saturated heterocycles. The quantitative estimate of drug-likeness (QED) is 0.507. The lowest BCUT2D eigenvalue weighted by Crippen LogP contribution is -2.40. The van der Waals surface area contributed by atoms with E-state index in [9.17, 15) is 18.0 Å². The number of carbonyl (C=O) groups excluding carboxylic acids is 1. The summed E-state index contributed by atoms with van der Waals surface area (Å²) in [6, 6.07) is 5.65. The first-order chi connectivity index (χ1) is 15.1. The van der Waals surface area contributed by atoms with Crippen molar-refractivity contribution in [3.63, 3.8) is 0 Å². The van der Waals surface area contributed by atoms with E-state index in [4.69, 9.17) is 27.9 Å². The number of imidazole rings is 1. The van der Waals surface area contributed by atoms with Gasteiger partial charge in [-0.2, -0.15) is 13.2 Å². The predicted octanol–water partition coefficient (Wildman–Crippen LogP) is 5.27. The number of morpholine rings is 1. The van der Waals surface area contributed by atoms with E-state index in [0.717, 1.165) is 6.07 Å². The minimum absolute atomic E-state index is 0.0605. The lowest BCUT2D eigenvalue weighted by Gasteiger charge is -2.27. The number of amides is 1. The molecule has 3 aromatic rings. The van der Waals surface area contributed by atoms with Gasteiger partial charge in [-0.05, 0) is 42.3 Å². The molecule has 0 radical (unpaired) electrons. The number of ether oxygens (including phenoxy) is 1. The standard InChI is InChI=1S/C22H20Cl2F3N3O2/c1-12-15(22(25,26)27)4-6-17-20(12)28-18(29(17)2)11-14-16(23)5-3-13(19(14)24)21(31)30-7-9-32-10-8-30/h3-6H,7-11H2,1-2H3. The second-order valence-corrected chi connectivity index (χ2v) is 8.44. The van der Waals surface area contributed by atoms with Crippen molar-refractivity contribution in [2.45, 2.75) is 19.5 Å². The van der Waals surface area contributed by atoms with Crippen LogP contribution in [0.1, 0.15) is 32.9 Å². The van der Waals surface area contributed by atoms with Gasteiger partial charge in [-0.15, -0.1) is 0 Å². The van der Waals surface area contributed by atoms with Crippen molar-refractivity contribution in [1.29, 1.82) is 0 Å². The second kappa shape index (κ2) is 8.57. The molecule has 0 atom stereocenters. The van der Waals surface area contributed by atoms with Crippen molar-refractivity contribution < 1.29 is 22.7 Å². The van der Waals surface area contributed by atoms with E-state index in [1.165, 1.54) is 13.0 Å². The first-order valence-corrected chi connectivity index (χ1v) is 10.7. The van der Waals surface area contributed by atoms with Crippen LogP contribution in [0.3, 0.4) is 0 Å². The Bertz CT molecular complexity index is 1200. The first kappa shape index (κ1) is 22.9. The summed E-state index contributed by atoms with van der Waals surface area (Å²) in [4.78, 5) is 19.1. The number of fused-ring (bicyclic) bond motifs is 1. The van der Waals surface area contributed by atoms with Crippen LogP contribution >= 0.6 is 23.2 Å². The van der Waals surface area contributed by atoms with Gasteiger partial charge in [-0.1, -0.05) is 23.2 Å². The number of halogens is 5. The van der Waals surface area contributed by atoms with Gasteiger partial charge in [0.25, 0.3) is 5.91 Å². The Morgan fingerprint density at radius 1 is 1.16 bits per heavy atom. The van der Waals surface area contributed by atoms with Gasteiger partial charge in [0.2, 0.25) is 0 Å². The molecule has 0 aliphatic carbocycles. The Balaban J connectivity index is 1.73. The van der Waals surface area contributed by atoms with Crippen LogP contribution in [-0.4, -0.2) is 46.7 Å². The van der Waals surface area contributed by atoms with Gasteiger partial charge in [0, 0.05) is 31.6 Å². The fourth-order valence-electron chi connectivity index (χ4n) is 3.93. The monoisotopic (exact) mass is 485 g/mol. The molecule has 0 unspecified atom stereocenters. The van der Waals surface area contributed by atoms with Crippen LogP contribution in [0, 0.1) is 6.92 Å². The molecule has 32 heavy (non-hydrogen) atoms. The highest BCUT2D eigenvalue weighted by Gasteiger charge is 2.33. The van der Waals surface area contributed by atoms with Crippen molar-refractivity contribution in [2.75, 3.05) is 26.3 Å². The zero-order valence-corrected chi connectivity index (χ0v) is 18.9. The van der Waals surface area contributed by atoms with Crippen LogP contribution in [0.4, 0.5) is 13.2 Å². The van der Waals surface area contributed by atoms with Crippen molar-refractivity contribution in [2.24, 2.45) is 7.05 Å². The summed E-state index contributed by atoms with van der Waals surface area (Å²) < 4.78 is 46.9. The third-order valence-electron chi connectivity index (χ3n) is 5.75. The Morgan fingerprint density at radius 2 is 1.84 bits per heavy atom. The van der Waals surface area contributed by atoms with Gasteiger partial charge >= 0.3 is 6.18 Å². The van der Waals surface area contributed by atoms with E-state index >= 15 is 0 Å². The molecule has 0 bridgehead atoms. The molecular weight excluding hydrogens is 466 g/mol. The van der Waals surface area contributed by atoms with Crippen molar-refractivity contribution in [3.8, 4) is 0 Å². The lowest BCUT2D eigenvalue weighted by atomic mass is 10.1. The van der Waals surface area contributed by atoms with E-state index in [1.807, 2.05) is 0 Å². The average Bonchev–Trinajstić information content (AvgIpc) is 3.07. The normalized spacial score (nSPS) is 14.9. The summed E-state index contributed by atoms with van der Waals surface area (Å²) >= 11 is 13.0. The highest BCUT2D eigenvalue weighted by Crippen LogP contribution is 2.36. The third kappa shape index (κ3) is 4.07. The molecule has 2 aromatic carbocycles. The Kier molecular flexibility index (Phi) is 6.13. The largest absolute Gasteiger partial charge is 0.416 e. The molecule has 0 saturated carbocycles. The molecule has 1 aliphatic heterocycles. The number of rotatable bonds is 3. The maximum atomic E-state index is 13.3. The number of hydrogen-bond donors (Lipinski definition) is 0. The fraction of sp³-hybridized carbons (Fsp3) is 0.364. The summed E-state index contributed by atoms with van der Waals surface area (Å²) in [5, 5.41) is 0.571. The number of aryl methyl sites for hydroxylation is 2. The number of alkyl halides is 3. The molecule has 1 amide bonds. The first-order valence-electron chi connectivity index (χ1n) is 9.95. The van der Waals surface area contributed by atoms with Crippen molar-refractivity contribution in [1.82, 2.24) is 14.5 Å². The topological polar surface area (TPSA) is 47.4 Å². The predicted molar refractivity (Wildman–Crippen MR) is 116 cm³/mol. The SMILES string of the molecule is Cc1c(C(F)(F)F)ccc2c1nc(Cc1c(Cl)ccc(C(=O)N3CCOCC3)c1Cl)n2C. The second-order valence-electron chi connectivity index (χ2n) is 7.66. The summed E-state index contributed by atoms with van der Waals surface area (Å²) in [5.74, 6) is 0.272. The Morgan fingerprint density at radius 3 is 2.50 bits per heavy atom. The molecule has 0 spiro atoms. The van der Waals surface area contributed by atoms with E-state index in [0.29, 0.717) is 53.8 Å². The van der Waals surface area contributed by atoms with Gasteiger partial charge in [0.1, 0.15) is 5.82 Å². The van der Waals surface area contributed by atoms with Crippen LogP contribution in [0.15, 0.2) is 24.3 Å². The molecule has 5 nitrogen and oxygen atoms in total. The number of nitrogens with zero attached hydrogens (tertiary/aromatic N) is 3. The average molecular weight is 486 g/mol. The molecule has 0 N–H and O–H groups in total. The van der Waals surface area contributed by atoms with Crippen LogP contribution in [-0.2, 0) is 24.4 Å². The summed E-state index contributed by atoms with van der Waals surface area (Å²) in [6.45, 7) is 3.27. The smallest absolute Gasteiger partial charge is 0.378 e. The highest BCUT2D eigenvalue weighted by molar-refractivity contribution is 6.38. The van der Waals surface area contributed by atoms with E-state index in [-0.39, 0.29) is 28.4 Å². The number of hydrogen-bond acceptors (Lipinski definition) is 3. The molecular formula is C22H20Cl2F3N3O2. The molecule has 4 rings (SSSR count). The summed E-state index contributed by atoms with van der Waals surface area (Å²) in [7, 11) is 1.72. The fourth-order valence-corrected chi connectivity index (χ4v) is 4.51. The lowest BCUT2D eigenvalue weighted by molar-refractivity contribution is -0.137. The third-order valence-corrected chi connectivity index (χ3v) is 6.54. The number of carbonyl (C=O) groups is 1. The molecule has 10 heteroatoms. The van der Waals surface area contributed by atoms with Gasteiger partial charge in [-0.25, -0.2) is 4.98 Å². The van der Waals surface area contributed by atoms with Gasteiger partial charge < -0.3 is 14.2 Å². The van der Waals surface area contributed by atoms with Crippen LogP contribution in [0.2, 0.25) is 10.0 Å². The van der Waals surface area contributed by atoms with Crippen LogP contribution in [0.5, 0.6) is 0 Å². The molecule has 1 fully saturated rings. The Hall–Kier alpha value is -2.29.